The van der Waals surface area contributed by atoms with E-state index in [1.54, 1.807) is 6.26 Å². The lowest BCUT2D eigenvalue weighted by atomic mass is 9.87. The van der Waals surface area contributed by atoms with Crippen molar-refractivity contribution in [1.29, 1.82) is 0 Å². The quantitative estimate of drug-likeness (QED) is 0.854. The van der Waals surface area contributed by atoms with E-state index in [1.165, 1.54) is 23.2 Å². The molecule has 2 aliphatic heterocycles. The van der Waals surface area contributed by atoms with Crippen molar-refractivity contribution in [3.05, 3.63) is 42.4 Å². The molecule has 4 nitrogen and oxygen atoms in total. The number of aromatic nitrogens is 2. The molecule has 1 saturated heterocycles. The maximum Gasteiger partial charge on any atom is 0.0956 e. The van der Waals surface area contributed by atoms with Crippen LogP contribution in [0.5, 0.6) is 0 Å². The Hall–Kier alpha value is -1.46. The summed E-state index contributed by atoms with van der Waals surface area (Å²) in [6.45, 7) is 1.85. The van der Waals surface area contributed by atoms with Crippen LogP contribution in [0.25, 0.3) is 11.3 Å². The minimum Gasteiger partial charge on any atom is -0.323 e. The molecular formula is C16H19N3OS. The molecule has 0 N–H and O–H groups in total. The van der Waals surface area contributed by atoms with E-state index in [0.29, 0.717) is 12.0 Å². The molecule has 1 aromatic heterocycles. The van der Waals surface area contributed by atoms with Gasteiger partial charge in [0.25, 0.3) is 0 Å². The highest BCUT2D eigenvalue weighted by Crippen LogP contribution is 2.44. The van der Waals surface area contributed by atoms with Gasteiger partial charge in [-0.25, -0.2) is 13.5 Å². The van der Waals surface area contributed by atoms with Crippen molar-refractivity contribution in [1.82, 2.24) is 13.9 Å². The molecule has 3 heterocycles. The summed E-state index contributed by atoms with van der Waals surface area (Å²) < 4.78 is 16.2. The van der Waals surface area contributed by atoms with Crippen molar-refractivity contribution < 1.29 is 4.21 Å². The van der Waals surface area contributed by atoms with E-state index >= 15 is 0 Å². The molecule has 1 fully saturated rings. The van der Waals surface area contributed by atoms with Gasteiger partial charge in [-0.15, -0.1) is 0 Å². The van der Waals surface area contributed by atoms with Gasteiger partial charge in [-0.1, -0.05) is 24.3 Å². The fraction of sp³-hybridized carbons (Fsp3) is 0.438. The average molecular weight is 301 g/mol. The Bertz CT molecular complexity index is 696. The van der Waals surface area contributed by atoms with Crippen molar-refractivity contribution >= 4 is 11.0 Å². The van der Waals surface area contributed by atoms with Crippen LogP contribution < -0.4 is 0 Å². The second-order valence-electron chi connectivity index (χ2n) is 5.93. The minimum absolute atomic E-state index is 0.338. The summed E-state index contributed by atoms with van der Waals surface area (Å²) in [6, 6.07) is 8.96. The molecule has 3 unspecified atom stereocenters. The van der Waals surface area contributed by atoms with Crippen molar-refractivity contribution in [2.75, 3.05) is 19.3 Å². The van der Waals surface area contributed by atoms with Crippen LogP contribution in [0.3, 0.4) is 0 Å². The third kappa shape index (κ3) is 2.07. The predicted octanol–water partition coefficient (Wildman–Crippen LogP) is 2.46. The van der Waals surface area contributed by atoms with Crippen LogP contribution in [0.1, 0.15) is 24.4 Å². The van der Waals surface area contributed by atoms with E-state index in [4.69, 9.17) is 0 Å². The number of hydrogen-bond donors (Lipinski definition) is 0. The SMILES string of the molecule is CS(=O)N1CCCC(C2c3ccccc3-c3cncn32)C1. The van der Waals surface area contributed by atoms with Crippen molar-refractivity contribution in [3.8, 4) is 11.3 Å². The van der Waals surface area contributed by atoms with Gasteiger partial charge in [0.05, 0.1) is 35.2 Å². The van der Waals surface area contributed by atoms with Crippen molar-refractivity contribution in [2.45, 2.75) is 18.9 Å². The summed E-state index contributed by atoms with van der Waals surface area (Å²) in [4.78, 5) is 4.33. The van der Waals surface area contributed by atoms with Crippen LogP contribution in [0.4, 0.5) is 0 Å². The van der Waals surface area contributed by atoms with Crippen LogP contribution >= 0.6 is 0 Å². The predicted molar refractivity (Wildman–Crippen MR) is 84.2 cm³/mol. The third-order valence-electron chi connectivity index (χ3n) is 4.75. The topological polar surface area (TPSA) is 38.1 Å². The Morgan fingerprint density at radius 3 is 3.05 bits per heavy atom. The largest absolute Gasteiger partial charge is 0.323 e. The minimum atomic E-state index is -0.870. The molecule has 0 bridgehead atoms. The summed E-state index contributed by atoms with van der Waals surface area (Å²) >= 11 is 0. The molecule has 21 heavy (non-hydrogen) atoms. The molecule has 0 spiro atoms. The molecule has 1 aromatic carbocycles. The molecule has 2 aliphatic rings. The molecule has 0 amide bonds. The Morgan fingerprint density at radius 2 is 2.19 bits per heavy atom. The molecule has 5 heteroatoms. The number of imidazole rings is 1. The standard InChI is InChI=1S/C16H19N3OS/c1-21(20)18-8-4-5-12(10-18)16-14-7-3-2-6-13(14)15-9-17-11-19(15)16/h2-3,6-7,9,11-12,16H,4-5,8,10H2,1H3. The van der Waals surface area contributed by atoms with E-state index in [0.717, 1.165) is 19.5 Å². The molecule has 4 rings (SSSR count). The van der Waals surface area contributed by atoms with Gasteiger partial charge in [0.1, 0.15) is 0 Å². The normalized spacial score (nSPS) is 26.3. The summed E-state index contributed by atoms with van der Waals surface area (Å²) in [5.74, 6) is 0.499. The molecule has 3 atom stereocenters. The first kappa shape index (κ1) is 13.2. The van der Waals surface area contributed by atoms with Gasteiger partial charge < -0.3 is 4.57 Å². The lowest BCUT2D eigenvalue weighted by Gasteiger charge is -2.35. The molecule has 110 valence electrons. The van der Waals surface area contributed by atoms with Crippen LogP contribution in [0, 0.1) is 5.92 Å². The monoisotopic (exact) mass is 301 g/mol. The first-order chi connectivity index (χ1) is 10.3. The van der Waals surface area contributed by atoms with Crippen LogP contribution in [-0.2, 0) is 11.0 Å². The molecule has 2 aromatic rings. The zero-order valence-corrected chi connectivity index (χ0v) is 12.9. The number of piperidine rings is 1. The number of rotatable bonds is 2. The maximum absolute atomic E-state index is 11.8. The highest BCUT2D eigenvalue weighted by Gasteiger charge is 2.36. The summed E-state index contributed by atoms with van der Waals surface area (Å²) in [6.07, 6.45) is 7.99. The molecule has 0 radical (unpaired) electrons. The number of benzene rings is 1. The fourth-order valence-corrected chi connectivity index (χ4v) is 4.61. The lowest BCUT2D eigenvalue weighted by Crippen LogP contribution is -2.39. The van der Waals surface area contributed by atoms with Gasteiger partial charge >= 0.3 is 0 Å². The van der Waals surface area contributed by atoms with E-state index in [9.17, 15) is 4.21 Å². The molecule has 0 aliphatic carbocycles. The second kappa shape index (κ2) is 5.07. The van der Waals surface area contributed by atoms with Crippen LogP contribution in [-0.4, -0.2) is 37.4 Å². The number of nitrogens with zero attached hydrogens (tertiary/aromatic N) is 3. The summed E-state index contributed by atoms with van der Waals surface area (Å²) in [5, 5.41) is 0. The third-order valence-corrected chi connectivity index (χ3v) is 5.81. The maximum atomic E-state index is 11.8. The summed E-state index contributed by atoms with van der Waals surface area (Å²) in [5.41, 5.74) is 3.91. The number of hydrogen-bond acceptors (Lipinski definition) is 2. The van der Waals surface area contributed by atoms with Gasteiger partial charge in [0, 0.05) is 24.9 Å². The van der Waals surface area contributed by atoms with Gasteiger partial charge in [0.15, 0.2) is 0 Å². The Balaban J connectivity index is 1.74. The highest BCUT2D eigenvalue weighted by molar-refractivity contribution is 7.81. The Kier molecular flexibility index (Phi) is 3.19. The Labute approximate surface area is 127 Å². The van der Waals surface area contributed by atoms with Gasteiger partial charge in [0.2, 0.25) is 0 Å². The highest BCUT2D eigenvalue weighted by atomic mass is 32.2. The van der Waals surface area contributed by atoms with Crippen molar-refractivity contribution in [3.63, 3.8) is 0 Å². The molecule has 0 saturated carbocycles. The smallest absolute Gasteiger partial charge is 0.0956 e. The average Bonchev–Trinajstić information content (AvgIpc) is 3.07. The summed E-state index contributed by atoms with van der Waals surface area (Å²) in [7, 11) is -0.870. The number of fused-ring (bicyclic) bond motifs is 3. The van der Waals surface area contributed by atoms with Crippen LogP contribution in [0.2, 0.25) is 0 Å². The lowest BCUT2D eigenvalue weighted by molar-refractivity contribution is 0.232. The van der Waals surface area contributed by atoms with Gasteiger partial charge in [-0.2, -0.15) is 0 Å². The van der Waals surface area contributed by atoms with Gasteiger partial charge in [-0.3, -0.25) is 0 Å². The first-order valence-electron chi connectivity index (χ1n) is 7.45. The van der Waals surface area contributed by atoms with Crippen molar-refractivity contribution in [2.24, 2.45) is 5.92 Å². The van der Waals surface area contributed by atoms with E-state index in [1.807, 2.05) is 12.5 Å². The van der Waals surface area contributed by atoms with Crippen LogP contribution in [0.15, 0.2) is 36.8 Å². The molecular weight excluding hydrogens is 282 g/mol. The van der Waals surface area contributed by atoms with E-state index < -0.39 is 11.0 Å². The Morgan fingerprint density at radius 1 is 1.33 bits per heavy atom. The second-order valence-corrected chi connectivity index (χ2v) is 7.30. The zero-order chi connectivity index (χ0) is 14.4. The zero-order valence-electron chi connectivity index (χ0n) is 12.1. The van der Waals surface area contributed by atoms with Gasteiger partial charge in [-0.05, 0) is 24.3 Å². The fourth-order valence-electron chi connectivity index (χ4n) is 3.82. The van der Waals surface area contributed by atoms with E-state index in [2.05, 4.69) is 38.1 Å². The van der Waals surface area contributed by atoms with E-state index in [-0.39, 0.29) is 0 Å². The first-order valence-corrected chi connectivity index (χ1v) is 8.97.